The molecule has 25 heavy (non-hydrogen) atoms. The average molecular weight is 344 g/mol. The zero-order chi connectivity index (χ0) is 18.4. The van der Waals surface area contributed by atoms with E-state index in [0.717, 1.165) is 24.4 Å². The van der Waals surface area contributed by atoms with Crippen molar-refractivity contribution in [3.05, 3.63) is 76.0 Å². The lowest BCUT2D eigenvalue weighted by molar-refractivity contribution is -0.383. The summed E-state index contributed by atoms with van der Waals surface area (Å²) in [4.78, 5) is 22.3. The molecule has 2 N–H and O–H groups in total. The Morgan fingerprint density at radius 2 is 1.80 bits per heavy atom. The lowest BCUT2D eigenvalue weighted by Crippen LogP contribution is -2.15. The van der Waals surface area contributed by atoms with Gasteiger partial charge in [0, 0.05) is 12.3 Å². The van der Waals surface area contributed by atoms with Crippen LogP contribution in [0.4, 0.5) is 25.8 Å². The second-order valence-electron chi connectivity index (χ2n) is 4.64. The third-order valence-corrected chi connectivity index (χ3v) is 3.04. The SMILES string of the molecule is N#C/C(=C/Nc1c(F)cccc1F)C(=O)Nc1ccccc1[N+](=O)[O-]. The number of nitrogens with one attached hydrogen (secondary N) is 2. The first kappa shape index (κ1) is 17.6. The highest BCUT2D eigenvalue weighted by atomic mass is 19.1. The molecule has 0 aliphatic rings. The zero-order valence-corrected chi connectivity index (χ0v) is 12.5. The number of nitro benzene ring substituents is 1. The summed E-state index contributed by atoms with van der Waals surface area (Å²) in [6, 6.07) is 10.1. The third-order valence-electron chi connectivity index (χ3n) is 3.04. The fourth-order valence-corrected chi connectivity index (χ4v) is 1.86. The van der Waals surface area contributed by atoms with Gasteiger partial charge in [-0.1, -0.05) is 18.2 Å². The number of para-hydroxylation sites is 3. The van der Waals surface area contributed by atoms with Gasteiger partial charge in [0.2, 0.25) is 0 Å². The van der Waals surface area contributed by atoms with E-state index in [0.29, 0.717) is 0 Å². The van der Waals surface area contributed by atoms with Gasteiger partial charge in [0.05, 0.1) is 4.92 Å². The fourth-order valence-electron chi connectivity index (χ4n) is 1.86. The summed E-state index contributed by atoms with van der Waals surface area (Å²) in [6.07, 6.45) is 0.811. The summed E-state index contributed by atoms with van der Waals surface area (Å²) in [5.41, 5.74) is -1.54. The van der Waals surface area contributed by atoms with Crippen molar-refractivity contribution in [2.75, 3.05) is 10.6 Å². The van der Waals surface area contributed by atoms with Gasteiger partial charge >= 0.3 is 0 Å². The van der Waals surface area contributed by atoms with E-state index in [2.05, 4.69) is 10.6 Å². The van der Waals surface area contributed by atoms with E-state index in [1.807, 2.05) is 0 Å². The van der Waals surface area contributed by atoms with Crippen LogP contribution >= 0.6 is 0 Å². The normalized spacial score (nSPS) is 10.7. The lowest BCUT2D eigenvalue weighted by atomic mass is 10.2. The first-order valence-electron chi connectivity index (χ1n) is 6.79. The minimum absolute atomic E-state index is 0.115. The van der Waals surface area contributed by atoms with Gasteiger partial charge in [-0.2, -0.15) is 5.26 Å². The first-order chi connectivity index (χ1) is 11.9. The highest BCUT2D eigenvalue weighted by Crippen LogP contribution is 2.24. The van der Waals surface area contributed by atoms with Crippen LogP contribution in [0.1, 0.15) is 0 Å². The van der Waals surface area contributed by atoms with E-state index in [-0.39, 0.29) is 11.4 Å². The van der Waals surface area contributed by atoms with Crippen molar-refractivity contribution in [2.45, 2.75) is 0 Å². The highest BCUT2D eigenvalue weighted by molar-refractivity contribution is 6.07. The Balaban J connectivity index is 2.22. The molecule has 0 aliphatic heterocycles. The number of carbonyl (C=O) groups is 1. The zero-order valence-electron chi connectivity index (χ0n) is 12.5. The standard InChI is InChI=1S/C16H10F2N4O3/c17-11-4-3-5-12(18)15(11)20-9-10(8-19)16(23)21-13-6-1-2-7-14(13)22(24)25/h1-7,9,20H,(H,21,23)/b10-9-. The summed E-state index contributed by atoms with van der Waals surface area (Å²) in [5, 5.41) is 24.4. The molecular formula is C16H10F2N4O3. The molecule has 0 aromatic heterocycles. The topological polar surface area (TPSA) is 108 Å². The first-order valence-corrected chi connectivity index (χ1v) is 6.79. The summed E-state index contributed by atoms with van der Waals surface area (Å²) in [5.74, 6) is -2.79. The number of hydrogen-bond acceptors (Lipinski definition) is 5. The van der Waals surface area contributed by atoms with Crippen LogP contribution in [0.3, 0.4) is 0 Å². The molecule has 2 rings (SSSR count). The molecule has 0 spiro atoms. The molecule has 2 aromatic carbocycles. The summed E-state index contributed by atoms with van der Waals surface area (Å²) >= 11 is 0. The molecule has 0 atom stereocenters. The number of nitro groups is 1. The Hall–Kier alpha value is -3.80. The molecule has 9 heteroatoms. The second kappa shape index (κ2) is 7.65. The van der Waals surface area contributed by atoms with Crippen LogP contribution in [0.25, 0.3) is 0 Å². The molecule has 7 nitrogen and oxygen atoms in total. The molecule has 0 aliphatic carbocycles. The van der Waals surface area contributed by atoms with E-state index >= 15 is 0 Å². The van der Waals surface area contributed by atoms with Crippen molar-refractivity contribution in [1.29, 1.82) is 5.26 Å². The van der Waals surface area contributed by atoms with E-state index in [1.165, 1.54) is 24.3 Å². The molecule has 126 valence electrons. The summed E-state index contributed by atoms with van der Waals surface area (Å²) in [6.45, 7) is 0. The van der Waals surface area contributed by atoms with Crippen LogP contribution in [0.5, 0.6) is 0 Å². The number of nitrogens with zero attached hydrogens (tertiary/aromatic N) is 2. The van der Waals surface area contributed by atoms with Crippen molar-refractivity contribution >= 4 is 23.0 Å². The van der Waals surface area contributed by atoms with Crippen LogP contribution in [-0.4, -0.2) is 10.8 Å². The number of rotatable bonds is 5. The molecule has 1 amide bonds. The third kappa shape index (κ3) is 4.14. The van der Waals surface area contributed by atoms with Crippen molar-refractivity contribution in [2.24, 2.45) is 0 Å². The van der Waals surface area contributed by atoms with E-state index in [4.69, 9.17) is 5.26 Å². The fraction of sp³-hybridized carbons (Fsp3) is 0. The molecule has 0 fully saturated rings. The molecule has 0 heterocycles. The monoisotopic (exact) mass is 344 g/mol. The van der Waals surface area contributed by atoms with Gasteiger partial charge in [0.25, 0.3) is 11.6 Å². The Kier molecular flexibility index (Phi) is 5.37. The smallest absolute Gasteiger partial charge is 0.292 e. The largest absolute Gasteiger partial charge is 0.355 e. The highest BCUT2D eigenvalue weighted by Gasteiger charge is 2.17. The Labute approximate surface area is 140 Å². The van der Waals surface area contributed by atoms with Crippen LogP contribution in [0.2, 0.25) is 0 Å². The van der Waals surface area contributed by atoms with Gasteiger partial charge in [-0.05, 0) is 18.2 Å². The number of benzene rings is 2. The number of carbonyl (C=O) groups excluding carboxylic acids is 1. The van der Waals surface area contributed by atoms with Crippen LogP contribution in [0, 0.1) is 33.1 Å². The van der Waals surface area contributed by atoms with Crippen molar-refractivity contribution in [3.63, 3.8) is 0 Å². The van der Waals surface area contributed by atoms with Crippen LogP contribution in [0.15, 0.2) is 54.2 Å². The van der Waals surface area contributed by atoms with Gasteiger partial charge in [-0.3, -0.25) is 14.9 Å². The van der Waals surface area contributed by atoms with Crippen molar-refractivity contribution in [1.82, 2.24) is 0 Å². The molecule has 0 radical (unpaired) electrons. The van der Waals surface area contributed by atoms with Crippen molar-refractivity contribution in [3.8, 4) is 6.07 Å². The Bertz CT molecular complexity index is 886. The van der Waals surface area contributed by atoms with Gasteiger partial charge in [-0.15, -0.1) is 0 Å². The van der Waals surface area contributed by atoms with E-state index in [9.17, 15) is 23.7 Å². The average Bonchev–Trinajstić information content (AvgIpc) is 2.58. The molecule has 0 bridgehead atoms. The maximum absolute atomic E-state index is 13.5. The number of halogens is 2. The minimum Gasteiger partial charge on any atom is -0.355 e. The predicted octanol–water partition coefficient (Wildman–Crippen LogP) is 3.33. The van der Waals surface area contributed by atoms with E-state index < -0.39 is 33.7 Å². The molecule has 0 saturated heterocycles. The Morgan fingerprint density at radius 3 is 2.40 bits per heavy atom. The maximum atomic E-state index is 13.5. The van der Waals surface area contributed by atoms with Crippen LogP contribution < -0.4 is 10.6 Å². The summed E-state index contributed by atoms with van der Waals surface area (Å²) in [7, 11) is 0. The van der Waals surface area contributed by atoms with Crippen LogP contribution in [-0.2, 0) is 4.79 Å². The number of anilines is 2. The minimum atomic E-state index is -0.971. The molecule has 0 unspecified atom stereocenters. The maximum Gasteiger partial charge on any atom is 0.292 e. The quantitative estimate of drug-likeness (QED) is 0.374. The van der Waals surface area contributed by atoms with Gasteiger partial charge in [0.15, 0.2) is 0 Å². The number of nitriles is 1. The van der Waals surface area contributed by atoms with Crippen molar-refractivity contribution < 1.29 is 18.5 Å². The second-order valence-corrected chi connectivity index (χ2v) is 4.64. The van der Waals surface area contributed by atoms with Gasteiger partial charge in [-0.25, -0.2) is 8.78 Å². The number of amides is 1. The summed E-state index contributed by atoms with van der Waals surface area (Å²) < 4.78 is 27.0. The molecular weight excluding hydrogens is 334 g/mol. The molecule has 2 aromatic rings. The number of hydrogen-bond donors (Lipinski definition) is 2. The predicted molar refractivity (Wildman–Crippen MR) is 85.4 cm³/mol. The Morgan fingerprint density at radius 1 is 1.16 bits per heavy atom. The lowest BCUT2D eigenvalue weighted by Gasteiger charge is -2.07. The van der Waals surface area contributed by atoms with Gasteiger partial charge < -0.3 is 10.6 Å². The van der Waals surface area contributed by atoms with E-state index in [1.54, 1.807) is 6.07 Å². The molecule has 0 saturated carbocycles. The van der Waals surface area contributed by atoms with Gasteiger partial charge in [0.1, 0.15) is 34.7 Å².